The van der Waals surface area contributed by atoms with Crippen molar-refractivity contribution < 1.29 is 26.5 Å². The number of carbonyl (C=O) groups excluding carboxylic acids is 1. The Labute approximate surface area is 143 Å². The number of hydrogen-bond acceptors (Lipinski definition) is 5. The highest BCUT2D eigenvalue weighted by atomic mass is 35.5. The molecule has 0 saturated carbocycles. The van der Waals surface area contributed by atoms with E-state index in [1.807, 2.05) is 0 Å². The molecule has 0 aromatic heterocycles. The molecule has 1 aromatic carbocycles. The maximum Gasteiger partial charge on any atom is 0.426 e. The predicted octanol–water partition coefficient (Wildman–Crippen LogP) is 3.69. The van der Waals surface area contributed by atoms with Crippen LogP contribution in [0.2, 0.25) is 10.0 Å². The Kier molecular flexibility index (Phi) is 4.83. The molecule has 23 heavy (non-hydrogen) atoms. The lowest BCUT2D eigenvalue weighted by molar-refractivity contribution is 0.0356. The molecular weight excluding hydrogens is 372 g/mol. The molecule has 2 rings (SSSR count). The number of ether oxygens (including phenoxy) is 1. The van der Waals surface area contributed by atoms with Gasteiger partial charge < -0.3 is 4.74 Å². The maximum absolute atomic E-state index is 13.7. The highest BCUT2D eigenvalue weighted by Crippen LogP contribution is 2.36. The number of hydrogen-bond donors (Lipinski definition) is 0. The monoisotopic (exact) mass is 385 g/mol. The predicted molar refractivity (Wildman–Crippen MR) is 82.1 cm³/mol. The molecule has 1 amide bonds. The minimum absolute atomic E-state index is 0.102. The van der Waals surface area contributed by atoms with Crippen LogP contribution in [0.1, 0.15) is 32.4 Å². The summed E-state index contributed by atoms with van der Waals surface area (Å²) in [7, 11) is -4.33. The summed E-state index contributed by atoms with van der Waals surface area (Å²) in [5.74, 6) is -0.831. The number of amides is 1. The average Bonchev–Trinajstić information content (AvgIpc) is 2.69. The molecular formula is C13H14Cl2FNO5S. The van der Waals surface area contributed by atoms with Crippen molar-refractivity contribution in [2.75, 3.05) is 6.61 Å². The Morgan fingerprint density at radius 2 is 2.00 bits per heavy atom. The normalized spacial score (nSPS) is 20.6. The van der Waals surface area contributed by atoms with Crippen LogP contribution in [0.25, 0.3) is 0 Å². The zero-order chi connectivity index (χ0) is 17.6. The first kappa shape index (κ1) is 18.3. The minimum Gasteiger partial charge on any atom is -0.443 e. The van der Waals surface area contributed by atoms with Crippen molar-refractivity contribution in [1.29, 1.82) is 0 Å². The molecule has 0 radical (unpaired) electrons. The lowest BCUT2D eigenvalue weighted by atomic mass is 10.1. The summed E-state index contributed by atoms with van der Waals surface area (Å²) in [5, 5.41) is -0.392. The van der Waals surface area contributed by atoms with Gasteiger partial charge in [-0.2, -0.15) is 12.7 Å². The van der Waals surface area contributed by atoms with E-state index in [-0.39, 0.29) is 22.2 Å². The van der Waals surface area contributed by atoms with Gasteiger partial charge in [0.2, 0.25) is 0 Å². The topological polar surface area (TPSA) is 72.9 Å². The maximum atomic E-state index is 13.7. The molecule has 0 bridgehead atoms. The third kappa shape index (κ3) is 3.88. The fraction of sp³-hybridized carbons (Fsp3) is 0.462. The number of nitrogens with zero attached hydrogens (tertiary/aromatic N) is 1. The molecule has 1 fully saturated rings. The Bertz CT molecular complexity index is 724. The highest BCUT2D eigenvalue weighted by molar-refractivity contribution is 7.85. The molecule has 6 nitrogen and oxygen atoms in total. The van der Waals surface area contributed by atoms with Crippen molar-refractivity contribution in [2.45, 2.75) is 32.4 Å². The van der Waals surface area contributed by atoms with Crippen molar-refractivity contribution in [3.8, 4) is 0 Å². The molecule has 128 valence electrons. The van der Waals surface area contributed by atoms with Gasteiger partial charge in [0, 0.05) is 0 Å². The molecule has 1 aromatic rings. The van der Waals surface area contributed by atoms with E-state index >= 15 is 0 Å². The van der Waals surface area contributed by atoms with Crippen molar-refractivity contribution in [3.05, 3.63) is 33.6 Å². The fourth-order valence-electron chi connectivity index (χ4n) is 1.96. The molecule has 1 atom stereocenters. The van der Waals surface area contributed by atoms with Gasteiger partial charge in [0.15, 0.2) is 0 Å². The van der Waals surface area contributed by atoms with Gasteiger partial charge in [-0.1, -0.05) is 23.2 Å². The molecule has 0 N–H and O–H groups in total. The van der Waals surface area contributed by atoms with Crippen LogP contribution in [0.5, 0.6) is 0 Å². The summed E-state index contributed by atoms with van der Waals surface area (Å²) >= 11 is 11.4. The van der Waals surface area contributed by atoms with Crippen LogP contribution >= 0.6 is 23.2 Å². The molecule has 0 spiro atoms. The Morgan fingerprint density at radius 1 is 1.39 bits per heavy atom. The first-order valence-electron chi connectivity index (χ1n) is 6.48. The van der Waals surface area contributed by atoms with Crippen LogP contribution in [0.3, 0.4) is 0 Å². The lowest BCUT2D eigenvalue weighted by Crippen LogP contribution is -2.39. The third-order valence-electron chi connectivity index (χ3n) is 2.86. The minimum atomic E-state index is -4.33. The Morgan fingerprint density at radius 3 is 2.52 bits per heavy atom. The van der Waals surface area contributed by atoms with E-state index < -0.39 is 33.9 Å². The fourth-order valence-corrected chi connectivity index (χ4v) is 3.41. The van der Waals surface area contributed by atoms with E-state index in [0.717, 1.165) is 6.07 Å². The first-order chi connectivity index (χ1) is 10.4. The van der Waals surface area contributed by atoms with Gasteiger partial charge in [0.05, 0.1) is 16.7 Å². The van der Waals surface area contributed by atoms with E-state index in [2.05, 4.69) is 4.18 Å². The number of benzene rings is 1. The Balaban J connectivity index is 2.43. The highest BCUT2D eigenvalue weighted by Gasteiger charge is 2.45. The molecule has 1 aliphatic heterocycles. The summed E-state index contributed by atoms with van der Waals surface area (Å²) in [5.41, 5.74) is -0.786. The van der Waals surface area contributed by atoms with Crippen molar-refractivity contribution in [1.82, 2.24) is 4.31 Å². The van der Waals surface area contributed by atoms with Gasteiger partial charge in [-0.3, -0.25) is 4.18 Å². The van der Waals surface area contributed by atoms with Crippen LogP contribution in [0.15, 0.2) is 12.1 Å². The van der Waals surface area contributed by atoms with Crippen LogP contribution < -0.4 is 0 Å². The second-order valence-electron chi connectivity index (χ2n) is 5.83. The summed E-state index contributed by atoms with van der Waals surface area (Å²) in [6.45, 7) is 4.38. The zero-order valence-electron chi connectivity index (χ0n) is 12.5. The van der Waals surface area contributed by atoms with E-state index in [1.165, 1.54) is 6.07 Å². The third-order valence-corrected chi connectivity index (χ3v) is 4.96. The first-order valence-corrected chi connectivity index (χ1v) is 8.61. The van der Waals surface area contributed by atoms with E-state index in [4.69, 9.17) is 27.9 Å². The molecule has 1 saturated heterocycles. The summed E-state index contributed by atoms with van der Waals surface area (Å²) in [6, 6.07) is 1.18. The average molecular weight is 386 g/mol. The van der Waals surface area contributed by atoms with E-state index in [0.29, 0.717) is 4.31 Å². The molecule has 0 unspecified atom stereocenters. The van der Waals surface area contributed by atoms with Gasteiger partial charge >= 0.3 is 16.4 Å². The molecule has 1 aliphatic rings. The lowest BCUT2D eigenvalue weighted by Gasteiger charge is -2.26. The van der Waals surface area contributed by atoms with Crippen molar-refractivity contribution in [2.24, 2.45) is 0 Å². The smallest absolute Gasteiger partial charge is 0.426 e. The Hall–Kier alpha value is -1.09. The van der Waals surface area contributed by atoms with E-state index in [9.17, 15) is 17.6 Å². The second kappa shape index (κ2) is 6.08. The van der Waals surface area contributed by atoms with Gasteiger partial charge in [0.1, 0.15) is 17.5 Å². The largest absolute Gasteiger partial charge is 0.443 e. The SMILES string of the molecule is CC(C)(C)OC(=O)N1[C@@H](c2cc(F)c(Cl)c(Cl)c2)COS1(=O)=O. The van der Waals surface area contributed by atoms with Crippen molar-refractivity contribution in [3.63, 3.8) is 0 Å². The van der Waals surface area contributed by atoms with Gasteiger partial charge in [-0.15, -0.1) is 0 Å². The van der Waals surface area contributed by atoms with Crippen LogP contribution in [0, 0.1) is 5.82 Å². The van der Waals surface area contributed by atoms with E-state index in [1.54, 1.807) is 20.8 Å². The van der Waals surface area contributed by atoms with Gasteiger partial charge in [-0.05, 0) is 38.5 Å². The van der Waals surface area contributed by atoms with Crippen LogP contribution in [-0.4, -0.2) is 31.0 Å². The number of halogens is 3. The van der Waals surface area contributed by atoms with Gasteiger partial charge in [0.25, 0.3) is 0 Å². The standard InChI is InChI=1S/C13H14Cl2FNO5S/c1-13(2,3)22-12(18)17-10(6-21-23(17,19)20)7-4-8(14)11(15)9(16)5-7/h4-5,10H,6H2,1-3H3/t10-/m1/s1. The van der Waals surface area contributed by atoms with Crippen LogP contribution in [0.4, 0.5) is 9.18 Å². The zero-order valence-corrected chi connectivity index (χ0v) is 14.8. The summed E-state index contributed by atoms with van der Waals surface area (Å²) in [6.07, 6.45) is -1.12. The molecule has 10 heteroatoms. The number of carbonyl (C=O) groups is 1. The van der Waals surface area contributed by atoms with Gasteiger partial charge in [-0.25, -0.2) is 9.18 Å². The summed E-state index contributed by atoms with van der Waals surface area (Å²) in [4.78, 5) is 12.2. The quantitative estimate of drug-likeness (QED) is 0.689. The number of rotatable bonds is 1. The summed E-state index contributed by atoms with van der Waals surface area (Å²) < 4.78 is 47.8. The second-order valence-corrected chi connectivity index (χ2v) is 8.10. The van der Waals surface area contributed by atoms with Crippen molar-refractivity contribution >= 4 is 39.6 Å². The van der Waals surface area contributed by atoms with Crippen LogP contribution in [-0.2, 0) is 19.2 Å². The molecule has 0 aliphatic carbocycles. The molecule has 1 heterocycles.